The summed E-state index contributed by atoms with van der Waals surface area (Å²) in [4.78, 5) is 4.50. The maximum absolute atomic E-state index is 5.39. The Morgan fingerprint density at radius 3 is 2.68 bits per heavy atom. The molecule has 2 aromatic heterocycles. The third-order valence-electron chi connectivity index (χ3n) is 3.64. The first kappa shape index (κ1) is 12.3. The molecule has 1 saturated heterocycles. The van der Waals surface area contributed by atoms with E-state index in [1.165, 1.54) is 0 Å². The van der Waals surface area contributed by atoms with Gasteiger partial charge in [-0.3, -0.25) is 0 Å². The minimum Gasteiger partial charge on any atom is -0.381 e. The second-order valence-electron chi connectivity index (χ2n) is 5.01. The molecular weight excluding hydrogens is 246 g/mol. The average molecular weight is 263 g/mol. The SMILES string of the molecule is Cc1noc(C)c1[C@@H](C)c1nc([C@@H]2CCOC2)no1. The van der Waals surface area contributed by atoms with Crippen LogP contribution >= 0.6 is 0 Å². The van der Waals surface area contributed by atoms with Gasteiger partial charge in [0.2, 0.25) is 5.89 Å². The van der Waals surface area contributed by atoms with Gasteiger partial charge < -0.3 is 13.8 Å². The third-order valence-corrected chi connectivity index (χ3v) is 3.64. The molecule has 1 aliphatic heterocycles. The fourth-order valence-corrected chi connectivity index (χ4v) is 2.56. The number of aromatic nitrogens is 3. The summed E-state index contributed by atoms with van der Waals surface area (Å²) in [6.07, 6.45) is 0.957. The second kappa shape index (κ2) is 4.77. The van der Waals surface area contributed by atoms with Crippen LogP contribution in [0.1, 0.15) is 53.9 Å². The predicted molar refractivity (Wildman–Crippen MR) is 66.0 cm³/mol. The van der Waals surface area contributed by atoms with Gasteiger partial charge in [0.1, 0.15) is 5.76 Å². The van der Waals surface area contributed by atoms with E-state index in [9.17, 15) is 0 Å². The lowest BCUT2D eigenvalue weighted by molar-refractivity contribution is 0.192. The van der Waals surface area contributed by atoms with Gasteiger partial charge in [0, 0.05) is 18.1 Å². The number of hydrogen-bond donors (Lipinski definition) is 0. The summed E-state index contributed by atoms with van der Waals surface area (Å²) in [5, 5.41) is 8.03. The number of hydrogen-bond acceptors (Lipinski definition) is 6. The Hall–Kier alpha value is -1.69. The molecule has 1 aliphatic rings. The summed E-state index contributed by atoms with van der Waals surface area (Å²) in [5.74, 6) is 2.40. The van der Waals surface area contributed by atoms with E-state index in [-0.39, 0.29) is 11.8 Å². The summed E-state index contributed by atoms with van der Waals surface area (Å²) in [5.41, 5.74) is 1.90. The molecule has 3 heterocycles. The zero-order valence-electron chi connectivity index (χ0n) is 11.3. The van der Waals surface area contributed by atoms with Crippen LogP contribution in [0, 0.1) is 13.8 Å². The Kier molecular flexibility index (Phi) is 3.10. The number of ether oxygens (including phenoxy) is 1. The Bertz CT molecular complexity index is 550. The van der Waals surface area contributed by atoms with Gasteiger partial charge in [-0.15, -0.1) is 0 Å². The van der Waals surface area contributed by atoms with Gasteiger partial charge in [0.05, 0.1) is 18.2 Å². The molecule has 19 heavy (non-hydrogen) atoms. The molecule has 2 atom stereocenters. The minimum absolute atomic E-state index is 0.00479. The van der Waals surface area contributed by atoms with Crippen molar-refractivity contribution in [3.05, 3.63) is 28.7 Å². The van der Waals surface area contributed by atoms with Crippen LogP contribution in [0.2, 0.25) is 0 Å². The first-order valence-corrected chi connectivity index (χ1v) is 6.51. The van der Waals surface area contributed by atoms with Crippen molar-refractivity contribution in [2.45, 2.75) is 39.0 Å². The molecule has 6 nitrogen and oxygen atoms in total. The highest BCUT2D eigenvalue weighted by atomic mass is 16.5. The summed E-state index contributed by atoms with van der Waals surface area (Å²) in [7, 11) is 0. The van der Waals surface area contributed by atoms with Gasteiger partial charge in [-0.25, -0.2) is 0 Å². The van der Waals surface area contributed by atoms with Crippen molar-refractivity contribution < 1.29 is 13.8 Å². The van der Waals surface area contributed by atoms with Crippen LogP contribution in [0.3, 0.4) is 0 Å². The molecule has 2 aromatic rings. The average Bonchev–Trinajstić information content (AvgIpc) is 3.09. The molecule has 0 unspecified atom stereocenters. The largest absolute Gasteiger partial charge is 0.381 e. The maximum Gasteiger partial charge on any atom is 0.234 e. The lowest BCUT2D eigenvalue weighted by atomic mass is 9.99. The first-order valence-electron chi connectivity index (χ1n) is 6.51. The molecule has 0 bridgehead atoms. The van der Waals surface area contributed by atoms with Crippen molar-refractivity contribution in [3.8, 4) is 0 Å². The molecule has 0 N–H and O–H groups in total. The molecule has 102 valence electrons. The monoisotopic (exact) mass is 263 g/mol. The Labute approximate surface area is 111 Å². The normalized spacial score (nSPS) is 20.9. The Morgan fingerprint density at radius 2 is 2.05 bits per heavy atom. The fourth-order valence-electron chi connectivity index (χ4n) is 2.56. The quantitative estimate of drug-likeness (QED) is 0.846. The topological polar surface area (TPSA) is 74.2 Å². The zero-order chi connectivity index (χ0) is 13.4. The fraction of sp³-hybridized carbons (Fsp3) is 0.615. The molecular formula is C13H17N3O3. The third kappa shape index (κ3) is 2.16. The summed E-state index contributed by atoms with van der Waals surface area (Å²) in [6.45, 7) is 7.29. The van der Waals surface area contributed by atoms with Crippen molar-refractivity contribution >= 4 is 0 Å². The van der Waals surface area contributed by atoms with Gasteiger partial charge in [0.15, 0.2) is 5.82 Å². The van der Waals surface area contributed by atoms with E-state index in [1.807, 2.05) is 20.8 Å². The number of nitrogens with zero attached hydrogens (tertiary/aromatic N) is 3. The first-order chi connectivity index (χ1) is 9.16. The molecule has 0 amide bonds. The van der Waals surface area contributed by atoms with Crippen molar-refractivity contribution in [3.63, 3.8) is 0 Å². The molecule has 0 radical (unpaired) electrons. The number of aryl methyl sites for hydroxylation is 2. The summed E-state index contributed by atoms with van der Waals surface area (Å²) in [6, 6.07) is 0. The van der Waals surface area contributed by atoms with Crippen LogP contribution in [-0.2, 0) is 4.74 Å². The van der Waals surface area contributed by atoms with E-state index in [4.69, 9.17) is 13.8 Å². The van der Waals surface area contributed by atoms with Gasteiger partial charge in [-0.05, 0) is 27.2 Å². The van der Waals surface area contributed by atoms with Crippen LogP contribution in [0.5, 0.6) is 0 Å². The van der Waals surface area contributed by atoms with Crippen LogP contribution < -0.4 is 0 Å². The van der Waals surface area contributed by atoms with Crippen LogP contribution in [0.25, 0.3) is 0 Å². The van der Waals surface area contributed by atoms with Crippen molar-refractivity contribution in [2.75, 3.05) is 13.2 Å². The molecule has 0 saturated carbocycles. The smallest absolute Gasteiger partial charge is 0.234 e. The lowest BCUT2D eigenvalue weighted by Gasteiger charge is -2.05. The van der Waals surface area contributed by atoms with Crippen molar-refractivity contribution in [1.82, 2.24) is 15.3 Å². The lowest BCUT2D eigenvalue weighted by Crippen LogP contribution is -2.02. The van der Waals surface area contributed by atoms with Gasteiger partial charge in [-0.1, -0.05) is 10.3 Å². The molecule has 3 rings (SSSR count). The van der Waals surface area contributed by atoms with Crippen molar-refractivity contribution in [1.29, 1.82) is 0 Å². The van der Waals surface area contributed by atoms with E-state index in [0.29, 0.717) is 12.5 Å². The predicted octanol–water partition coefficient (Wildman–Crippen LogP) is 2.33. The van der Waals surface area contributed by atoms with Crippen LogP contribution in [0.4, 0.5) is 0 Å². The highest BCUT2D eigenvalue weighted by Gasteiger charge is 2.27. The molecule has 1 fully saturated rings. The summed E-state index contributed by atoms with van der Waals surface area (Å²) >= 11 is 0. The standard InChI is InChI=1S/C13H17N3O3/c1-7(11-8(2)15-18-9(11)3)13-14-12(16-19-13)10-4-5-17-6-10/h7,10H,4-6H2,1-3H3/t7-,10-/m1/s1. The highest BCUT2D eigenvalue weighted by Crippen LogP contribution is 2.30. The van der Waals surface area contributed by atoms with Crippen molar-refractivity contribution in [2.24, 2.45) is 0 Å². The highest BCUT2D eigenvalue weighted by molar-refractivity contribution is 5.29. The van der Waals surface area contributed by atoms with Gasteiger partial charge in [-0.2, -0.15) is 4.98 Å². The van der Waals surface area contributed by atoms with E-state index in [2.05, 4.69) is 15.3 Å². The van der Waals surface area contributed by atoms with Crippen LogP contribution in [0.15, 0.2) is 9.05 Å². The van der Waals surface area contributed by atoms with Crippen LogP contribution in [-0.4, -0.2) is 28.5 Å². The summed E-state index contributed by atoms with van der Waals surface area (Å²) < 4.78 is 15.9. The van der Waals surface area contributed by atoms with E-state index < -0.39 is 0 Å². The van der Waals surface area contributed by atoms with E-state index in [0.717, 1.165) is 35.9 Å². The minimum atomic E-state index is -0.00479. The second-order valence-corrected chi connectivity index (χ2v) is 5.01. The Balaban J connectivity index is 1.86. The van der Waals surface area contributed by atoms with E-state index >= 15 is 0 Å². The maximum atomic E-state index is 5.39. The molecule has 6 heteroatoms. The Morgan fingerprint density at radius 1 is 1.21 bits per heavy atom. The van der Waals surface area contributed by atoms with E-state index in [1.54, 1.807) is 0 Å². The van der Waals surface area contributed by atoms with Gasteiger partial charge >= 0.3 is 0 Å². The molecule has 0 aliphatic carbocycles. The molecule has 0 aromatic carbocycles. The number of rotatable bonds is 3. The van der Waals surface area contributed by atoms with Gasteiger partial charge in [0.25, 0.3) is 0 Å². The zero-order valence-corrected chi connectivity index (χ0v) is 11.3. The molecule has 0 spiro atoms.